The highest BCUT2D eigenvalue weighted by molar-refractivity contribution is 8.00. The molecule has 0 aromatic rings. The Kier molecular flexibility index (Phi) is 6.59. The third kappa shape index (κ3) is 4.01. The second-order valence-corrected chi connectivity index (χ2v) is 6.58. The van der Waals surface area contributed by atoms with E-state index in [1.807, 2.05) is 12.2 Å². The second-order valence-electron chi connectivity index (χ2n) is 5.31. The summed E-state index contributed by atoms with van der Waals surface area (Å²) in [4.78, 5) is 23.5. The first-order valence-corrected chi connectivity index (χ1v) is 8.42. The Balaban J connectivity index is 2.65. The number of nitrogens with one attached hydrogen (secondary N) is 1. The molecule has 0 radical (unpaired) electrons. The standard InChI is InChI=1S/C15H25NO3S/c1-4-15(5-2,20-3)10-16-13(17)11-8-6-7-9-12(11)14(18)19/h6-7,11-12H,4-5,8-10H2,1-3H3,(H,16,17)(H,18,19). The molecule has 1 rings (SSSR count). The van der Waals surface area contributed by atoms with Gasteiger partial charge in [-0.3, -0.25) is 9.59 Å². The van der Waals surface area contributed by atoms with Crippen molar-refractivity contribution >= 4 is 23.6 Å². The van der Waals surface area contributed by atoms with E-state index in [0.717, 1.165) is 12.8 Å². The first-order valence-electron chi connectivity index (χ1n) is 7.20. The minimum atomic E-state index is -0.878. The lowest BCUT2D eigenvalue weighted by molar-refractivity contribution is -0.147. The normalized spacial score (nSPS) is 22.6. The van der Waals surface area contributed by atoms with E-state index in [2.05, 4.69) is 25.4 Å². The number of carboxylic acid groups (broad SMARTS) is 1. The maximum absolute atomic E-state index is 12.3. The topological polar surface area (TPSA) is 66.4 Å². The number of hydrogen-bond donors (Lipinski definition) is 2. The Bertz CT molecular complexity index is 369. The van der Waals surface area contributed by atoms with Crippen LogP contribution in [0.4, 0.5) is 0 Å². The van der Waals surface area contributed by atoms with Crippen LogP contribution in [-0.4, -0.2) is 34.5 Å². The number of thioether (sulfide) groups is 1. The molecule has 4 nitrogen and oxygen atoms in total. The minimum absolute atomic E-state index is 0.0545. The highest BCUT2D eigenvalue weighted by Gasteiger charge is 2.35. The van der Waals surface area contributed by atoms with Crippen LogP contribution in [0.3, 0.4) is 0 Å². The lowest BCUT2D eigenvalue weighted by Gasteiger charge is -2.31. The number of carbonyl (C=O) groups is 2. The average molecular weight is 299 g/mol. The molecule has 2 N–H and O–H groups in total. The van der Waals surface area contributed by atoms with Crippen molar-refractivity contribution in [3.63, 3.8) is 0 Å². The number of aliphatic carboxylic acids is 1. The van der Waals surface area contributed by atoms with E-state index in [4.69, 9.17) is 0 Å². The van der Waals surface area contributed by atoms with Gasteiger partial charge in [-0.05, 0) is 31.9 Å². The molecule has 1 aliphatic carbocycles. The van der Waals surface area contributed by atoms with Crippen LogP contribution in [0.15, 0.2) is 12.2 Å². The molecule has 0 spiro atoms. The number of carbonyl (C=O) groups excluding carboxylic acids is 1. The van der Waals surface area contributed by atoms with Gasteiger partial charge in [0.05, 0.1) is 11.8 Å². The molecule has 114 valence electrons. The summed E-state index contributed by atoms with van der Waals surface area (Å²) in [5.74, 6) is -2.03. The van der Waals surface area contributed by atoms with Gasteiger partial charge < -0.3 is 10.4 Å². The number of hydrogen-bond acceptors (Lipinski definition) is 3. The quantitative estimate of drug-likeness (QED) is 0.709. The highest BCUT2D eigenvalue weighted by Crippen LogP contribution is 2.30. The van der Waals surface area contributed by atoms with Crippen molar-refractivity contribution in [2.24, 2.45) is 11.8 Å². The van der Waals surface area contributed by atoms with E-state index < -0.39 is 17.8 Å². The molecule has 0 aromatic carbocycles. The summed E-state index contributed by atoms with van der Waals surface area (Å²) in [7, 11) is 0. The van der Waals surface area contributed by atoms with Crippen molar-refractivity contribution in [1.29, 1.82) is 0 Å². The van der Waals surface area contributed by atoms with Crippen molar-refractivity contribution in [2.75, 3.05) is 12.8 Å². The predicted molar refractivity (Wildman–Crippen MR) is 82.8 cm³/mol. The van der Waals surface area contributed by atoms with Gasteiger partial charge >= 0.3 is 5.97 Å². The molecule has 1 aliphatic rings. The molecule has 2 unspecified atom stereocenters. The van der Waals surface area contributed by atoms with Crippen LogP contribution in [0.1, 0.15) is 39.5 Å². The number of rotatable bonds is 7. The van der Waals surface area contributed by atoms with Gasteiger partial charge in [0.1, 0.15) is 0 Å². The van der Waals surface area contributed by atoms with Crippen LogP contribution >= 0.6 is 11.8 Å². The fraction of sp³-hybridized carbons (Fsp3) is 0.733. The summed E-state index contributed by atoms with van der Waals surface area (Å²) in [6, 6.07) is 0. The lowest BCUT2D eigenvalue weighted by atomic mass is 9.82. The number of amides is 1. The van der Waals surface area contributed by atoms with Gasteiger partial charge in [0.2, 0.25) is 5.91 Å². The molecule has 0 aromatic heterocycles. The monoisotopic (exact) mass is 299 g/mol. The molecule has 0 aliphatic heterocycles. The summed E-state index contributed by atoms with van der Waals surface area (Å²) < 4.78 is 0.0545. The molecule has 0 heterocycles. The Morgan fingerprint density at radius 1 is 1.25 bits per heavy atom. The van der Waals surface area contributed by atoms with E-state index in [0.29, 0.717) is 19.4 Å². The molecule has 0 saturated carbocycles. The molecule has 20 heavy (non-hydrogen) atoms. The van der Waals surface area contributed by atoms with Crippen LogP contribution in [0.5, 0.6) is 0 Å². The van der Waals surface area contributed by atoms with Gasteiger partial charge in [-0.2, -0.15) is 11.8 Å². The Hall–Kier alpha value is -0.970. The first kappa shape index (κ1) is 17.1. The largest absolute Gasteiger partial charge is 0.481 e. The van der Waals surface area contributed by atoms with Crippen molar-refractivity contribution in [3.05, 3.63) is 12.2 Å². The van der Waals surface area contributed by atoms with E-state index in [1.54, 1.807) is 11.8 Å². The van der Waals surface area contributed by atoms with Crippen molar-refractivity contribution < 1.29 is 14.7 Å². The van der Waals surface area contributed by atoms with Gasteiger partial charge in [-0.1, -0.05) is 26.0 Å². The van der Waals surface area contributed by atoms with Crippen LogP contribution in [0.2, 0.25) is 0 Å². The van der Waals surface area contributed by atoms with Gasteiger partial charge in [0.25, 0.3) is 0 Å². The summed E-state index contributed by atoms with van der Waals surface area (Å²) >= 11 is 1.77. The van der Waals surface area contributed by atoms with E-state index in [9.17, 15) is 14.7 Å². The molecular formula is C15H25NO3S. The highest BCUT2D eigenvalue weighted by atomic mass is 32.2. The Morgan fingerprint density at radius 2 is 1.80 bits per heavy atom. The van der Waals surface area contributed by atoms with Gasteiger partial charge in [0, 0.05) is 11.3 Å². The van der Waals surface area contributed by atoms with Crippen LogP contribution < -0.4 is 5.32 Å². The lowest BCUT2D eigenvalue weighted by Crippen LogP contribution is -2.45. The fourth-order valence-electron chi connectivity index (χ4n) is 2.62. The Labute approximate surface area is 125 Å². The summed E-state index contributed by atoms with van der Waals surface area (Å²) in [6.07, 6.45) is 8.76. The van der Waals surface area contributed by atoms with Crippen LogP contribution in [0.25, 0.3) is 0 Å². The van der Waals surface area contributed by atoms with Crippen molar-refractivity contribution in [2.45, 2.75) is 44.3 Å². The SMILES string of the molecule is CCC(CC)(CNC(=O)C1CC=CCC1C(=O)O)SC. The minimum Gasteiger partial charge on any atom is -0.481 e. The van der Waals surface area contributed by atoms with Gasteiger partial charge in [-0.15, -0.1) is 0 Å². The van der Waals surface area contributed by atoms with E-state index >= 15 is 0 Å². The zero-order valence-corrected chi connectivity index (χ0v) is 13.3. The summed E-state index contributed by atoms with van der Waals surface area (Å²) in [5.41, 5.74) is 0. The maximum atomic E-state index is 12.3. The third-order valence-corrected chi connectivity index (χ3v) is 5.98. The van der Waals surface area contributed by atoms with Crippen LogP contribution in [0, 0.1) is 11.8 Å². The molecule has 0 saturated heterocycles. The van der Waals surface area contributed by atoms with Crippen molar-refractivity contribution in [1.82, 2.24) is 5.32 Å². The van der Waals surface area contributed by atoms with E-state index in [-0.39, 0.29) is 10.7 Å². The first-order chi connectivity index (χ1) is 9.49. The summed E-state index contributed by atoms with van der Waals surface area (Å²) in [5, 5.41) is 12.2. The molecule has 0 fully saturated rings. The van der Waals surface area contributed by atoms with Crippen LogP contribution in [-0.2, 0) is 9.59 Å². The van der Waals surface area contributed by atoms with Crippen molar-refractivity contribution in [3.8, 4) is 0 Å². The van der Waals surface area contributed by atoms with E-state index in [1.165, 1.54) is 0 Å². The molecule has 5 heteroatoms. The zero-order valence-electron chi connectivity index (χ0n) is 12.5. The fourth-order valence-corrected chi connectivity index (χ4v) is 3.41. The maximum Gasteiger partial charge on any atom is 0.307 e. The predicted octanol–water partition coefficient (Wildman–Crippen LogP) is 2.69. The average Bonchev–Trinajstić information content (AvgIpc) is 2.49. The number of allylic oxidation sites excluding steroid dienone is 2. The Morgan fingerprint density at radius 3 is 2.25 bits per heavy atom. The molecular weight excluding hydrogens is 274 g/mol. The van der Waals surface area contributed by atoms with Gasteiger partial charge in [-0.25, -0.2) is 0 Å². The zero-order chi connectivity index (χ0) is 15.2. The summed E-state index contributed by atoms with van der Waals surface area (Å²) in [6.45, 7) is 4.84. The molecule has 1 amide bonds. The third-order valence-electron chi connectivity index (χ3n) is 4.39. The van der Waals surface area contributed by atoms with Gasteiger partial charge in [0.15, 0.2) is 0 Å². The molecule has 0 bridgehead atoms. The smallest absolute Gasteiger partial charge is 0.307 e. The number of carboxylic acids is 1. The second kappa shape index (κ2) is 7.72. The molecule has 2 atom stereocenters.